The van der Waals surface area contributed by atoms with Gasteiger partial charge in [0.2, 0.25) is 0 Å². The van der Waals surface area contributed by atoms with Gasteiger partial charge in [0.15, 0.2) is 0 Å². The third-order valence-corrected chi connectivity index (χ3v) is 3.18. The van der Waals surface area contributed by atoms with Crippen LogP contribution in [0.25, 0.3) is 0 Å². The Morgan fingerprint density at radius 3 is 2.62 bits per heavy atom. The quantitative estimate of drug-likeness (QED) is 0.668. The topological polar surface area (TPSA) is 0 Å². The minimum absolute atomic E-state index is 0.484. The van der Waals surface area contributed by atoms with E-state index in [-0.39, 0.29) is 0 Å². The molecule has 0 N–H and O–H groups in total. The van der Waals surface area contributed by atoms with Crippen molar-refractivity contribution in [3.05, 3.63) is 71.3 Å². The van der Waals surface area contributed by atoms with Crippen molar-refractivity contribution in [2.45, 2.75) is 26.2 Å². The highest BCUT2D eigenvalue weighted by atomic mass is 14.2. The summed E-state index contributed by atoms with van der Waals surface area (Å²) >= 11 is 0. The maximum Gasteiger partial charge on any atom is 0.00605 e. The number of rotatable bonds is 2. The molecule has 0 amide bonds. The predicted molar refractivity (Wildman–Crippen MR) is 70.5 cm³/mol. The van der Waals surface area contributed by atoms with Gasteiger partial charge in [-0.1, -0.05) is 61.6 Å². The number of allylic oxidation sites excluding steroid dienone is 6. The summed E-state index contributed by atoms with van der Waals surface area (Å²) in [6, 6.07) is 10.7. The first-order valence-corrected chi connectivity index (χ1v) is 5.88. The molecule has 82 valence electrons. The highest BCUT2D eigenvalue weighted by molar-refractivity contribution is 5.42. The Morgan fingerprint density at radius 1 is 1.12 bits per heavy atom. The Morgan fingerprint density at radius 2 is 1.88 bits per heavy atom. The molecule has 1 aliphatic rings. The van der Waals surface area contributed by atoms with Gasteiger partial charge < -0.3 is 0 Å². The molecule has 0 spiro atoms. The molecule has 0 heteroatoms. The minimum atomic E-state index is 0.484. The minimum Gasteiger partial charge on any atom is -0.0807 e. The third kappa shape index (κ3) is 2.33. The van der Waals surface area contributed by atoms with Crippen molar-refractivity contribution in [2.75, 3.05) is 0 Å². The zero-order valence-corrected chi connectivity index (χ0v) is 9.98. The summed E-state index contributed by atoms with van der Waals surface area (Å²) in [6.07, 6.45) is 9.94. The molecule has 0 saturated carbocycles. The van der Waals surface area contributed by atoms with Gasteiger partial charge in [0, 0.05) is 5.92 Å². The third-order valence-electron chi connectivity index (χ3n) is 3.18. The summed E-state index contributed by atoms with van der Waals surface area (Å²) in [5, 5.41) is 0. The first-order valence-electron chi connectivity index (χ1n) is 5.88. The first-order chi connectivity index (χ1) is 7.79. The van der Waals surface area contributed by atoms with E-state index in [0.717, 1.165) is 6.42 Å². The molecule has 1 aliphatic carbocycles. The van der Waals surface area contributed by atoms with Gasteiger partial charge in [-0.15, -0.1) is 0 Å². The number of hydrogen-bond donors (Lipinski definition) is 0. The van der Waals surface area contributed by atoms with E-state index in [1.165, 1.54) is 16.7 Å². The average Bonchev–Trinajstić information content (AvgIpc) is 2.54. The molecular formula is C16H18. The average molecular weight is 210 g/mol. The lowest BCUT2D eigenvalue weighted by Crippen LogP contribution is -1.99. The summed E-state index contributed by atoms with van der Waals surface area (Å²) in [4.78, 5) is 0. The van der Waals surface area contributed by atoms with E-state index in [1.807, 2.05) is 0 Å². The Balaban J connectivity index is 2.29. The lowest BCUT2D eigenvalue weighted by molar-refractivity contribution is 0.896. The van der Waals surface area contributed by atoms with Crippen LogP contribution in [0.2, 0.25) is 0 Å². The van der Waals surface area contributed by atoms with Crippen LogP contribution in [0.1, 0.15) is 31.7 Å². The SMILES string of the molecule is CC1=CC=CCC=C1C(C)c1ccccc1. The monoisotopic (exact) mass is 210 g/mol. The molecule has 0 saturated heterocycles. The molecule has 1 aromatic carbocycles. The van der Waals surface area contributed by atoms with E-state index in [2.05, 4.69) is 68.5 Å². The van der Waals surface area contributed by atoms with Crippen LogP contribution in [0.15, 0.2) is 65.8 Å². The molecule has 0 aliphatic heterocycles. The highest BCUT2D eigenvalue weighted by Crippen LogP contribution is 2.30. The fourth-order valence-corrected chi connectivity index (χ4v) is 2.18. The van der Waals surface area contributed by atoms with Gasteiger partial charge in [-0.05, 0) is 30.1 Å². The Bertz CT molecular complexity index is 432. The second-order valence-corrected chi connectivity index (χ2v) is 4.31. The molecule has 0 bridgehead atoms. The van der Waals surface area contributed by atoms with Crippen LogP contribution in [0.5, 0.6) is 0 Å². The molecule has 1 aromatic rings. The van der Waals surface area contributed by atoms with Crippen molar-refractivity contribution in [3.8, 4) is 0 Å². The van der Waals surface area contributed by atoms with Crippen molar-refractivity contribution >= 4 is 0 Å². The zero-order chi connectivity index (χ0) is 11.4. The van der Waals surface area contributed by atoms with Crippen molar-refractivity contribution in [2.24, 2.45) is 0 Å². The van der Waals surface area contributed by atoms with Crippen molar-refractivity contribution in [1.82, 2.24) is 0 Å². The van der Waals surface area contributed by atoms with E-state index in [1.54, 1.807) is 0 Å². The van der Waals surface area contributed by atoms with Gasteiger partial charge in [0.05, 0.1) is 0 Å². The molecule has 2 rings (SSSR count). The van der Waals surface area contributed by atoms with Gasteiger partial charge in [-0.3, -0.25) is 0 Å². The second kappa shape index (κ2) is 4.98. The molecule has 16 heavy (non-hydrogen) atoms. The summed E-state index contributed by atoms with van der Waals surface area (Å²) in [7, 11) is 0. The van der Waals surface area contributed by atoms with Gasteiger partial charge in [-0.2, -0.15) is 0 Å². The summed E-state index contributed by atoms with van der Waals surface area (Å²) in [6.45, 7) is 4.48. The van der Waals surface area contributed by atoms with Crippen LogP contribution in [0.4, 0.5) is 0 Å². The lowest BCUT2D eigenvalue weighted by Gasteiger charge is -2.16. The smallest absolute Gasteiger partial charge is 0.00605 e. The van der Waals surface area contributed by atoms with Crippen LogP contribution in [0.3, 0.4) is 0 Å². The molecule has 1 atom stereocenters. The van der Waals surface area contributed by atoms with Crippen molar-refractivity contribution in [1.29, 1.82) is 0 Å². The standard InChI is InChI=1S/C16H18/c1-13-9-5-3-8-12-16(13)14(2)15-10-6-4-7-11-15/h3-7,9-12,14H,8H2,1-2H3. The normalized spacial score (nSPS) is 17.4. The van der Waals surface area contributed by atoms with E-state index >= 15 is 0 Å². The molecule has 0 radical (unpaired) electrons. The van der Waals surface area contributed by atoms with Crippen molar-refractivity contribution < 1.29 is 0 Å². The fraction of sp³-hybridized carbons (Fsp3) is 0.250. The summed E-state index contributed by atoms with van der Waals surface area (Å²) in [5.74, 6) is 0.484. The van der Waals surface area contributed by atoms with Gasteiger partial charge in [0.25, 0.3) is 0 Å². The molecule has 0 heterocycles. The highest BCUT2D eigenvalue weighted by Gasteiger charge is 2.12. The Labute approximate surface area is 98.0 Å². The molecule has 0 aromatic heterocycles. The van der Waals surface area contributed by atoms with Crippen LogP contribution in [0, 0.1) is 0 Å². The van der Waals surface area contributed by atoms with Crippen LogP contribution >= 0.6 is 0 Å². The van der Waals surface area contributed by atoms with Crippen LogP contribution < -0.4 is 0 Å². The summed E-state index contributed by atoms with van der Waals surface area (Å²) in [5.41, 5.74) is 4.23. The molecule has 1 unspecified atom stereocenters. The second-order valence-electron chi connectivity index (χ2n) is 4.31. The maximum absolute atomic E-state index is 2.34. The van der Waals surface area contributed by atoms with Gasteiger partial charge in [-0.25, -0.2) is 0 Å². The largest absolute Gasteiger partial charge is 0.0807 e. The van der Waals surface area contributed by atoms with Gasteiger partial charge >= 0.3 is 0 Å². The fourth-order valence-electron chi connectivity index (χ4n) is 2.18. The van der Waals surface area contributed by atoms with E-state index in [0.29, 0.717) is 5.92 Å². The Kier molecular flexibility index (Phi) is 3.40. The summed E-state index contributed by atoms with van der Waals surface area (Å²) < 4.78 is 0. The van der Waals surface area contributed by atoms with Gasteiger partial charge in [0.1, 0.15) is 0 Å². The lowest BCUT2D eigenvalue weighted by atomic mass is 9.88. The van der Waals surface area contributed by atoms with E-state index in [9.17, 15) is 0 Å². The Hall–Kier alpha value is -1.56. The van der Waals surface area contributed by atoms with Crippen LogP contribution in [-0.4, -0.2) is 0 Å². The first kappa shape index (κ1) is 10.9. The van der Waals surface area contributed by atoms with Crippen molar-refractivity contribution in [3.63, 3.8) is 0 Å². The number of benzene rings is 1. The zero-order valence-electron chi connectivity index (χ0n) is 9.98. The molecule has 0 nitrogen and oxygen atoms in total. The van der Waals surface area contributed by atoms with E-state index in [4.69, 9.17) is 0 Å². The molecule has 0 fully saturated rings. The van der Waals surface area contributed by atoms with Crippen LogP contribution in [-0.2, 0) is 0 Å². The van der Waals surface area contributed by atoms with E-state index < -0.39 is 0 Å². The maximum atomic E-state index is 2.34. The molecular weight excluding hydrogens is 192 g/mol. The predicted octanol–water partition coefficient (Wildman–Crippen LogP) is 4.62. The number of hydrogen-bond acceptors (Lipinski definition) is 0.